The van der Waals surface area contributed by atoms with Gasteiger partial charge in [0.1, 0.15) is 5.82 Å². The number of pyridine rings is 1. The molecule has 2 aromatic rings. The van der Waals surface area contributed by atoms with Crippen LogP contribution in [0.3, 0.4) is 0 Å². The largest absolute Gasteiger partial charge is 0.378 e. The normalized spacial score (nSPS) is 21.5. The minimum Gasteiger partial charge on any atom is -0.378 e. The number of carbonyl (C=O) groups is 1. The summed E-state index contributed by atoms with van der Waals surface area (Å²) < 4.78 is 7.14. The van der Waals surface area contributed by atoms with E-state index in [1.165, 1.54) is 0 Å². The van der Waals surface area contributed by atoms with Gasteiger partial charge < -0.3 is 20.3 Å². The van der Waals surface area contributed by atoms with E-state index < -0.39 is 0 Å². The van der Waals surface area contributed by atoms with Crippen LogP contribution in [0.25, 0.3) is 0 Å². The lowest BCUT2D eigenvalue weighted by atomic mass is 9.90. The van der Waals surface area contributed by atoms with Crippen molar-refractivity contribution in [2.75, 3.05) is 49.6 Å². The number of anilines is 2. The average molecular weight is 429 g/mol. The van der Waals surface area contributed by atoms with Crippen molar-refractivity contribution in [2.45, 2.75) is 5.92 Å². The van der Waals surface area contributed by atoms with Crippen LogP contribution >= 0.6 is 24.8 Å². The van der Waals surface area contributed by atoms with Crippen molar-refractivity contribution in [3.8, 4) is 0 Å². The molecule has 0 spiro atoms. The number of amides is 1. The van der Waals surface area contributed by atoms with Crippen molar-refractivity contribution in [3.05, 3.63) is 36.3 Å². The fourth-order valence-corrected chi connectivity index (χ4v) is 3.62. The van der Waals surface area contributed by atoms with E-state index in [9.17, 15) is 4.79 Å². The lowest BCUT2D eigenvalue weighted by Crippen LogP contribution is -2.36. The third-order valence-electron chi connectivity index (χ3n) is 5.08. The standard InChI is InChI=1S/C18H24N6O2.2ClH/c1-23-12-13(8-21-23)15-10-19-11-16(15)18(25)22-17-3-2-14(9-20-17)24-4-6-26-7-5-24;;/h2-3,8-9,12,15-16,19H,4-7,10-11H2,1H3,(H,20,22,25);2*1H/t15-,16+;;/m1../s1. The number of carbonyl (C=O) groups excluding carboxylic acids is 1. The predicted octanol–water partition coefficient (Wildman–Crippen LogP) is 1.44. The fourth-order valence-electron chi connectivity index (χ4n) is 3.62. The van der Waals surface area contributed by atoms with E-state index >= 15 is 0 Å². The van der Waals surface area contributed by atoms with Gasteiger partial charge in [-0.3, -0.25) is 9.48 Å². The minimum absolute atomic E-state index is 0. The summed E-state index contributed by atoms with van der Waals surface area (Å²) in [6.45, 7) is 4.66. The molecule has 1 amide bonds. The van der Waals surface area contributed by atoms with Gasteiger partial charge in [-0.05, 0) is 17.7 Å². The Labute approximate surface area is 176 Å². The molecule has 10 heteroatoms. The second kappa shape index (κ2) is 10.1. The summed E-state index contributed by atoms with van der Waals surface area (Å²) in [5, 5.41) is 10.5. The first-order chi connectivity index (χ1) is 12.7. The van der Waals surface area contributed by atoms with Crippen LogP contribution in [0.2, 0.25) is 0 Å². The molecule has 0 radical (unpaired) electrons. The fraction of sp³-hybridized carbons (Fsp3) is 0.500. The number of aryl methyl sites for hydroxylation is 1. The van der Waals surface area contributed by atoms with Gasteiger partial charge >= 0.3 is 0 Å². The van der Waals surface area contributed by atoms with Crippen LogP contribution in [0, 0.1) is 5.92 Å². The molecule has 2 fully saturated rings. The molecule has 154 valence electrons. The van der Waals surface area contributed by atoms with Crippen molar-refractivity contribution in [1.82, 2.24) is 20.1 Å². The second-order valence-corrected chi connectivity index (χ2v) is 6.81. The number of nitrogens with zero attached hydrogens (tertiary/aromatic N) is 4. The first-order valence-electron chi connectivity index (χ1n) is 8.99. The van der Waals surface area contributed by atoms with E-state index in [2.05, 4.69) is 25.6 Å². The van der Waals surface area contributed by atoms with Gasteiger partial charge in [0.05, 0.1) is 37.2 Å². The van der Waals surface area contributed by atoms with Gasteiger partial charge in [0.25, 0.3) is 0 Å². The summed E-state index contributed by atoms with van der Waals surface area (Å²) in [7, 11) is 1.89. The summed E-state index contributed by atoms with van der Waals surface area (Å²) in [5.74, 6) is 0.593. The van der Waals surface area contributed by atoms with Gasteiger partial charge in [-0.25, -0.2) is 4.98 Å². The summed E-state index contributed by atoms with van der Waals surface area (Å²) in [6, 6.07) is 3.86. The number of hydrogen-bond acceptors (Lipinski definition) is 6. The molecule has 4 heterocycles. The Morgan fingerprint density at radius 2 is 2.00 bits per heavy atom. The lowest BCUT2D eigenvalue weighted by molar-refractivity contribution is -0.119. The van der Waals surface area contributed by atoms with Crippen molar-refractivity contribution in [2.24, 2.45) is 13.0 Å². The number of morpholine rings is 1. The van der Waals surface area contributed by atoms with Crippen LogP contribution in [0.5, 0.6) is 0 Å². The van der Waals surface area contributed by atoms with Crippen LogP contribution in [0.4, 0.5) is 11.5 Å². The number of halogens is 2. The summed E-state index contributed by atoms with van der Waals surface area (Å²) in [4.78, 5) is 19.4. The van der Waals surface area contributed by atoms with Gasteiger partial charge in [0.15, 0.2) is 0 Å². The maximum atomic E-state index is 12.7. The highest BCUT2D eigenvalue weighted by atomic mass is 35.5. The molecule has 2 aromatic heterocycles. The Morgan fingerprint density at radius 1 is 1.21 bits per heavy atom. The van der Waals surface area contributed by atoms with Gasteiger partial charge in [0, 0.05) is 45.3 Å². The van der Waals surface area contributed by atoms with E-state index in [-0.39, 0.29) is 42.6 Å². The molecule has 0 unspecified atom stereocenters. The molecule has 2 atom stereocenters. The molecule has 2 aliphatic rings. The highest BCUT2D eigenvalue weighted by molar-refractivity contribution is 5.93. The maximum Gasteiger partial charge on any atom is 0.230 e. The van der Waals surface area contributed by atoms with Crippen LogP contribution in [0.15, 0.2) is 30.7 Å². The molecule has 0 bridgehead atoms. The first-order valence-corrected chi connectivity index (χ1v) is 8.99. The monoisotopic (exact) mass is 428 g/mol. The molecule has 0 aliphatic carbocycles. The van der Waals surface area contributed by atoms with E-state index in [0.29, 0.717) is 12.4 Å². The third-order valence-corrected chi connectivity index (χ3v) is 5.08. The zero-order valence-electron chi connectivity index (χ0n) is 15.7. The summed E-state index contributed by atoms with van der Waals surface area (Å²) in [5.41, 5.74) is 2.15. The molecule has 2 aliphatic heterocycles. The van der Waals surface area contributed by atoms with Crippen LogP contribution in [-0.2, 0) is 16.6 Å². The van der Waals surface area contributed by atoms with E-state index in [4.69, 9.17) is 4.74 Å². The molecule has 8 nitrogen and oxygen atoms in total. The smallest absolute Gasteiger partial charge is 0.230 e. The summed E-state index contributed by atoms with van der Waals surface area (Å²) >= 11 is 0. The van der Waals surface area contributed by atoms with E-state index in [1.54, 1.807) is 4.68 Å². The van der Waals surface area contributed by atoms with E-state index in [0.717, 1.165) is 44.1 Å². The molecule has 0 aromatic carbocycles. The SMILES string of the molecule is Cl.Cl.Cn1cc([C@H]2CNC[C@@H]2C(=O)Nc2ccc(N3CCOCC3)cn2)cn1. The predicted molar refractivity (Wildman–Crippen MR) is 113 cm³/mol. The quantitative estimate of drug-likeness (QED) is 0.766. The topological polar surface area (TPSA) is 84.3 Å². The first kappa shape index (κ1) is 22.4. The van der Waals surface area contributed by atoms with Crippen molar-refractivity contribution in [1.29, 1.82) is 0 Å². The molecule has 28 heavy (non-hydrogen) atoms. The van der Waals surface area contributed by atoms with Gasteiger partial charge in [-0.1, -0.05) is 0 Å². The molecular weight excluding hydrogens is 403 g/mol. The van der Waals surface area contributed by atoms with E-state index in [1.807, 2.05) is 37.8 Å². The number of aromatic nitrogens is 3. The van der Waals surface area contributed by atoms with Crippen LogP contribution in [0.1, 0.15) is 11.5 Å². The summed E-state index contributed by atoms with van der Waals surface area (Å²) in [6.07, 6.45) is 5.63. The number of ether oxygens (including phenoxy) is 1. The lowest BCUT2D eigenvalue weighted by Gasteiger charge is -2.28. The second-order valence-electron chi connectivity index (χ2n) is 6.81. The Morgan fingerprint density at radius 3 is 2.64 bits per heavy atom. The van der Waals surface area contributed by atoms with Gasteiger partial charge in [-0.2, -0.15) is 5.10 Å². The maximum absolute atomic E-state index is 12.7. The minimum atomic E-state index is -0.125. The Bertz CT molecular complexity index is 764. The molecular formula is C18H26Cl2N6O2. The zero-order chi connectivity index (χ0) is 17.9. The van der Waals surface area contributed by atoms with Crippen LogP contribution in [-0.4, -0.2) is 60.1 Å². The molecule has 2 saturated heterocycles. The third kappa shape index (κ3) is 4.94. The Hall–Kier alpha value is -1.87. The van der Waals surface area contributed by atoms with Gasteiger partial charge in [0.2, 0.25) is 5.91 Å². The zero-order valence-corrected chi connectivity index (χ0v) is 17.3. The average Bonchev–Trinajstić information content (AvgIpc) is 3.32. The van der Waals surface area contributed by atoms with Crippen LogP contribution < -0.4 is 15.5 Å². The van der Waals surface area contributed by atoms with Crippen molar-refractivity contribution < 1.29 is 9.53 Å². The Balaban J connectivity index is 0.00000140. The Kier molecular flexibility index (Phi) is 8.06. The van der Waals surface area contributed by atoms with Crippen molar-refractivity contribution in [3.63, 3.8) is 0 Å². The van der Waals surface area contributed by atoms with Crippen molar-refractivity contribution >= 4 is 42.2 Å². The number of rotatable bonds is 4. The number of nitrogens with one attached hydrogen (secondary N) is 2. The molecule has 0 saturated carbocycles. The molecule has 4 rings (SSSR count). The number of hydrogen-bond donors (Lipinski definition) is 2. The van der Waals surface area contributed by atoms with Gasteiger partial charge in [-0.15, -0.1) is 24.8 Å². The highest BCUT2D eigenvalue weighted by Crippen LogP contribution is 2.28. The molecule has 2 N–H and O–H groups in total. The highest BCUT2D eigenvalue weighted by Gasteiger charge is 2.34.